The number of hydrazone groups is 1. The van der Waals surface area contributed by atoms with E-state index in [1.54, 1.807) is 11.3 Å². The van der Waals surface area contributed by atoms with Crippen LogP contribution < -0.4 is 21.8 Å². The smallest absolute Gasteiger partial charge is 0.241 e. The zero-order chi connectivity index (χ0) is 23.5. The highest BCUT2D eigenvalue weighted by Gasteiger charge is 2.45. The van der Waals surface area contributed by atoms with Gasteiger partial charge in [-0.15, -0.1) is 21.5 Å². The molecule has 2 aromatic rings. The number of carbonyl (C=O) groups is 2. The van der Waals surface area contributed by atoms with Gasteiger partial charge in [-0.3, -0.25) is 19.9 Å². The molecule has 0 saturated carbocycles. The van der Waals surface area contributed by atoms with Crippen molar-refractivity contribution in [2.24, 2.45) is 27.9 Å². The lowest BCUT2D eigenvalue weighted by molar-refractivity contribution is -0.116. The van der Waals surface area contributed by atoms with Gasteiger partial charge < -0.3 is 11.5 Å². The van der Waals surface area contributed by atoms with Gasteiger partial charge in [0.2, 0.25) is 17.8 Å². The van der Waals surface area contributed by atoms with Gasteiger partial charge in [-0.1, -0.05) is 44.3 Å². The molecule has 0 radical (unpaired) electrons. The summed E-state index contributed by atoms with van der Waals surface area (Å²) in [7, 11) is 0. The van der Waals surface area contributed by atoms with Crippen LogP contribution in [0.2, 0.25) is 0 Å². The van der Waals surface area contributed by atoms with Gasteiger partial charge in [-0.25, -0.2) is 4.57 Å². The molecular weight excluding hydrogens is 480 g/mol. The number of nitrogens with one attached hydrogen (secondary N) is 1. The maximum atomic E-state index is 11.4. The molecule has 2 aliphatic heterocycles. The number of thioether (sulfide) groups is 2. The number of fused-ring (bicyclic) bond motifs is 8. The van der Waals surface area contributed by atoms with Crippen molar-refractivity contribution in [1.29, 1.82) is 0 Å². The molecule has 2 amide bonds. The summed E-state index contributed by atoms with van der Waals surface area (Å²) in [6.07, 6.45) is 2.95. The highest BCUT2D eigenvalue weighted by atomic mass is 32.2. The van der Waals surface area contributed by atoms with Crippen LogP contribution in [-0.2, 0) is 22.4 Å². The van der Waals surface area contributed by atoms with Crippen LogP contribution in [0.25, 0.3) is 5.00 Å². The van der Waals surface area contributed by atoms with Crippen molar-refractivity contribution in [2.75, 3.05) is 16.4 Å². The molecule has 176 valence electrons. The minimum Gasteiger partial charge on any atom is -0.369 e. The molecule has 3 aliphatic rings. The summed E-state index contributed by atoms with van der Waals surface area (Å²) >= 11 is 4.32. The Morgan fingerprint density at radius 3 is 2.61 bits per heavy atom. The number of amidine groups is 1. The highest BCUT2D eigenvalue weighted by Crippen LogP contribution is 2.51. The van der Waals surface area contributed by atoms with Gasteiger partial charge in [0.25, 0.3) is 0 Å². The Bertz CT molecular complexity index is 1160. The van der Waals surface area contributed by atoms with Crippen molar-refractivity contribution in [3.63, 3.8) is 0 Å². The molecule has 0 aromatic carbocycles. The average molecular weight is 507 g/mol. The summed E-state index contributed by atoms with van der Waals surface area (Å²) in [5, 5.41) is 15.6. The van der Waals surface area contributed by atoms with Crippen LogP contribution in [-0.4, -0.2) is 43.3 Å². The van der Waals surface area contributed by atoms with Crippen molar-refractivity contribution in [3.05, 3.63) is 16.0 Å². The molecule has 0 spiro atoms. The molecule has 4 heterocycles. The molecule has 13 heteroatoms. The van der Waals surface area contributed by atoms with Gasteiger partial charge in [0.1, 0.15) is 5.00 Å². The Kier molecular flexibility index (Phi) is 5.60. The molecule has 5 rings (SSSR count). The lowest BCUT2D eigenvalue weighted by Crippen LogP contribution is -2.38. The van der Waals surface area contributed by atoms with Crippen LogP contribution in [0.4, 0.5) is 5.95 Å². The number of anilines is 1. The zero-order valence-electron chi connectivity index (χ0n) is 18.6. The Morgan fingerprint density at radius 1 is 1.18 bits per heavy atom. The number of primary amides is 2. The topological polar surface area (TPSA) is 145 Å². The number of hydrogen-bond acceptors (Lipinski definition) is 10. The van der Waals surface area contributed by atoms with Gasteiger partial charge in [-0.05, 0) is 36.2 Å². The van der Waals surface area contributed by atoms with Gasteiger partial charge in [-0.2, -0.15) is 5.10 Å². The Balaban J connectivity index is 1.60. The number of aromatic nitrogens is 3. The molecule has 2 atom stereocenters. The van der Waals surface area contributed by atoms with Crippen LogP contribution in [0.15, 0.2) is 10.3 Å². The molecule has 5 N–H and O–H groups in total. The quantitative estimate of drug-likeness (QED) is 0.522. The molecule has 0 saturated heterocycles. The van der Waals surface area contributed by atoms with Crippen LogP contribution in [0.3, 0.4) is 0 Å². The number of carbonyl (C=O) groups excluding carboxylic acids is 2. The minimum absolute atomic E-state index is 0.114. The zero-order valence-corrected chi connectivity index (χ0v) is 21.1. The van der Waals surface area contributed by atoms with Crippen molar-refractivity contribution in [2.45, 2.75) is 51.4 Å². The van der Waals surface area contributed by atoms with Crippen LogP contribution >= 0.6 is 34.9 Å². The maximum absolute atomic E-state index is 11.4. The fraction of sp³-hybridized carbons (Fsp3) is 0.550. The SMILES string of the molecule is CC(C)(C)[C@H]1CCc2c(sc3c2C2NN=C(SCC(N)=O)N2c2nnc(SCC(N)=O)n2-3)C1. The average Bonchev–Trinajstić information content (AvgIpc) is 3.43. The normalized spacial score (nSPS) is 20.9. The Labute approximate surface area is 203 Å². The van der Waals surface area contributed by atoms with E-state index in [1.807, 2.05) is 9.47 Å². The number of rotatable bonds is 5. The van der Waals surface area contributed by atoms with Gasteiger partial charge >= 0.3 is 0 Å². The van der Waals surface area contributed by atoms with Crippen LogP contribution in [0.1, 0.15) is 49.4 Å². The van der Waals surface area contributed by atoms with Crippen LogP contribution in [0.5, 0.6) is 0 Å². The standard InChI is InChI=1S/C20H26N8O2S3/c1-20(2,3)9-4-5-10-11(6-9)33-16-14(10)15-23-25-18(31-7-12(21)29)27(15)17-24-26-19(28(16)17)32-8-13(22)30/h9,15,23H,4-8H2,1-3H3,(H2,21,29)(H2,22,30)/t9-,15?/m0/s1. The molecule has 1 aliphatic carbocycles. The summed E-state index contributed by atoms with van der Waals surface area (Å²) < 4.78 is 2.00. The highest BCUT2D eigenvalue weighted by molar-refractivity contribution is 8.14. The maximum Gasteiger partial charge on any atom is 0.241 e. The van der Waals surface area contributed by atoms with E-state index in [1.165, 1.54) is 39.5 Å². The Hall–Kier alpha value is -2.25. The number of nitrogens with two attached hydrogens (primary N) is 2. The van der Waals surface area contributed by atoms with E-state index in [4.69, 9.17) is 11.5 Å². The predicted octanol–water partition coefficient (Wildman–Crippen LogP) is 1.97. The summed E-state index contributed by atoms with van der Waals surface area (Å²) in [5.74, 6) is 0.620. The number of thiophene rings is 1. The van der Waals surface area contributed by atoms with Crippen LogP contribution in [0, 0.1) is 11.3 Å². The van der Waals surface area contributed by atoms with E-state index in [2.05, 4.69) is 41.5 Å². The summed E-state index contributed by atoms with van der Waals surface area (Å²) in [5.41, 5.74) is 16.8. The summed E-state index contributed by atoms with van der Waals surface area (Å²) in [6.45, 7) is 6.93. The number of amides is 2. The van der Waals surface area contributed by atoms with E-state index in [-0.39, 0.29) is 23.1 Å². The lowest BCUT2D eigenvalue weighted by Gasteiger charge is -2.35. The lowest BCUT2D eigenvalue weighted by atomic mass is 9.72. The molecular formula is C20H26N8O2S3. The monoisotopic (exact) mass is 506 g/mol. The summed E-state index contributed by atoms with van der Waals surface area (Å²) in [4.78, 5) is 26.2. The van der Waals surface area contributed by atoms with Crippen molar-refractivity contribution in [1.82, 2.24) is 20.2 Å². The minimum atomic E-state index is -0.413. The first-order valence-electron chi connectivity index (χ1n) is 10.7. The fourth-order valence-corrected chi connectivity index (χ4v) is 7.48. The van der Waals surface area contributed by atoms with Crippen molar-refractivity contribution < 1.29 is 9.59 Å². The first-order valence-corrected chi connectivity index (χ1v) is 13.5. The van der Waals surface area contributed by atoms with Gasteiger partial charge in [0.05, 0.1) is 11.5 Å². The second kappa shape index (κ2) is 8.20. The molecule has 1 unspecified atom stereocenters. The second-order valence-electron chi connectivity index (χ2n) is 9.45. The molecule has 33 heavy (non-hydrogen) atoms. The molecule has 0 fully saturated rings. The summed E-state index contributed by atoms with van der Waals surface area (Å²) in [6, 6.07) is 0. The predicted molar refractivity (Wildman–Crippen MR) is 132 cm³/mol. The Morgan fingerprint density at radius 2 is 1.91 bits per heavy atom. The second-order valence-corrected chi connectivity index (χ2v) is 12.4. The first-order chi connectivity index (χ1) is 15.6. The first kappa shape index (κ1) is 22.5. The third-order valence-electron chi connectivity index (χ3n) is 6.25. The molecule has 2 aromatic heterocycles. The largest absolute Gasteiger partial charge is 0.369 e. The third-order valence-corrected chi connectivity index (χ3v) is 9.44. The third kappa shape index (κ3) is 3.89. The number of hydrogen-bond donors (Lipinski definition) is 3. The van der Waals surface area contributed by atoms with E-state index in [0.29, 0.717) is 22.2 Å². The molecule has 0 bridgehead atoms. The fourth-order valence-electron chi connectivity index (χ4n) is 4.58. The number of nitrogens with zero attached hydrogens (tertiary/aromatic N) is 5. The van der Waals surface area contributed by atoms with Gasteiger partial charge in [0, 0.05) is 10.4 Å². The van der Waals surface area contributed by atoms with Crippen molar-refractivity contribution >= 4 is 57.8 Å². The van der Waals surface area contributed by atoms with E-state index in [9.17, 15) is 9.59 Å². The van der Waals surface area contributed by atoms with E-state index in [0.717, 1.165) is 24.3 Å². The van der Waals surface area contributed by atoms with Gasteiger partial charge in [0.15, 0.2) is 16.5 Å². The molecule has 10 nitrogen and oxygen atoms in total. The van der Waals surface area contributed by atoms with E-state index >= 15 is 0 Å². The van der Waals surface area contributed by atoms with E-state index < -0.39 is 11.8 Å². The van der Waals surface area contributed by atoms with Crippen molar-refractivity contribution in [3.8, 4) is 5.00 Å².